The Morgan fingerprint density at radius 1 is 1.47 bits per heavy atom. The van der Waals surface area contributed by atoms with Crippen LogP contribution in [-0.2, 0) is 0 Å². The summed E-state index contributed by atoms with van der Waals surface area (Å²) in [5.74, 6) is -0.0238. The van der Waals surface area contributed by atoms with Crippen LogP contribution in [0.4, 0.5) is 11.5 Å². The first-order chi connectivity index (χ1) is 8.99. The Hall–Kier alpha value is -1.82. The number of aliphatic hydroxyl groups is 1. The highest BCUT2D eigenvalue weighted by Gasteiger charge is 2.17. The SMILES string of the molecule is CCC(CC)C(O)CNc1ncc(N)cc1C(N)=O. The molecule has 0 spiro atoms. The van der Waals surface area contributed by atoms with Gasteiger partial charge >= 0.3 is 0 Å². The van der Waals surface area contributed by atoms with Crippen molar-refractivity contribution in [3.8, 4) is 0 Å². The molecule has 1 rings (SSSR count). The predicted octanol–water partition coefficient (Wildman–Crippen LogP) is 0.972. The van der Waals surface area contributed by atoms with E-state index in [0.29, 0.717) is 18.1 Å². The molecule has 1 atom stereocenters. The lowest BCUT2D eigenvalue weighted by Crippen LogP contribution is -2.29. The number of hydrogen-bond donors (Lipinski definition) is 4. The number of rotatable bonds is 7. The molecule has 1 heterocycles. The van der Waals surface area contributed by atoms with Crippen molar-refractivity contribution in [2.75, 3.05) is 17.6 Å². The lowest BCUT2D eigenvalue weighted by Gasteiger charge is -2.21. The number of pyridine rings is 1. The van der Waals surface area contributed by atoms with Crippen molar-refractivity contribution >= 4 is 17.4 Å². The Kier molecular flexibility index (Phi) is 5.57. The van der Waals surface area contributed by atoms with Gasteiger partial charge in [-0.25, -0.2) is 4.98 Å². The largest absolute Gasteiger partial charge is 0.397 e. The molecule has 6 nitrogen and oxygen atoms in total. The van der Waals surface area contributed by atoms with Gasteiger partial charge in [-0.3, -0.25) is 4.79 Å². The van der Waals surface area contributed by atoms with E-state index in [1.54, 1.807) is 0 Å². The molecule has 0 saturated heterocycles. The van der Waals surface area contributed by atoms with Gasteiger partial charge in [-0.15, -0.1) is 0 Å². The van der Waals surface area contributed by atoms with Crippen LogP contribution in [0.2, 0.25) is 0 Å². The summed E-state index contributed by atoms with van der Waals surface area (Å²) >= 11 is 0. The molecule has 0 bridgehead atoms. The lowest BCUT2D eigenvalue weighted by atomic mass is 9.96. The van der Waals surface area contributed by atoms with Gasteiger partial charge < -0.3 is 21.9 Å². The highest BCUT2D eigenvalue weighted by molar-refractivity contribution is 5.98. The van der Waals surface area contributed by atoms with Crippen LogP contribution in [0.25, 0.3) is 0 Å². The van der Waals surface area contributed by atoms with Gasteiger partial charge in [0.15, 0.2) is 0 Å². The maximum absolute atomic E-state index is 11.3. The normalized spacial score (nSPS) is 12.4. The van der Waals surface area contributed by atoms with Crippen LogP contribution >= 0.6 is 0 Å². The summed E-state index contributed by atoms with van der Waals surface area (Å²) in [5.41, 5.74) is 11.4. The van der Waals surface area contributed by atoms with E-state index in [9.17, 15) is 9.90 Å². The molecule has 1 aromatic rings. The van der Waals surface area contributed by atoms with Crippen LogP contribution in [0.3, 0.4) is 0 Å². The molecule has 1 unspecified atom stereocenters. The van der Waals surface area contributed by atoms with Gasteiger partial charge in [-0.2, -0.15) is 0 Å². The Morgan fingerprint density at radius 2 is 2.11 bits per heavy atom. The van der Waals surface area contributed by atoms with E-state index in [1.807, 2.05) is 13.8 Å². The highest BCUT2D eigenvalue weighted by atomic mass is 16.3. The number of aliphatic hydroxyl groups excluding tert-OH is 1. The van der Waals surface area contributed by atoms with Gasteiger partial charge in [-0.1, -0.05) is 26.7 Å². The van der Waals surface area contributed by atoms with Crippen molar-refractivity contribution in [3.63, 3.8) is 0 Å². The molecule has 1 aromatic heterocycles. The second-order valence-corrected chi connectivity index (χ2v) is 4.55. The number of anilines is 2. The van der Waals surface area contributed by atoms with Crippen LogP contribution in [0.15, 0.2) is 12.3 Å². The van der Waals surface area contributed by atoms with E-state index >= 15 is 0 Å². The minimum atomic E-state index is -0.598. The van der Waals surface area contributed by atoms with E-state index in [1.165, 1.54) is 12.3 Å². The number of nitrogens with zero attached hydrogens (tertiary/aromatic N) is 1. The van der Waals surface area contributed by atoms with Gasteiger partial charge in [0.1, 0.15) is 5.82 Å². The Bertz CT molecular complexity index is 433. The topological polar surface area (TPSA) is 114 Å². The predicted molar refractivity (Wildman–Crippen MR) is 75.7 cm³/mol. The number of primary amides is 1. The second kappa shape index (κ2) is 6.94. The number of nitrogen functional groups attached to an aromatic ring is 1. The van der Waals surface area contributed by atoms with Crippen molar-refractivity contribution in [3.05, 3.63) is 17.8 Å². The van der Waals surface area contributed by atoms with Gasteiger partial charge in [-0.05, 0) is 12.0 Å². The van der Waals surface area contributed by atoms with E-state index in [-0.39, 0.29) is 11.5 Å². The average Bonchev–Trinajstić information content (AvgIpc) is 2.38. The summed E-state index contributed by atoms with van der Waals surface area (Å²) in [6.45, 7) is 4.39. The number of nitrogens with two attached hydrogens (primary N) is 2. The van der Waals surface area contributed by atoms with E-state index in [2.05, 4.69) is 10.3 Å². The maximum atomic E-state index is 11.3. The van der Waals surface area contributed by atoms with Crippen LogP contribution in [0.1, 0.15) is 37.0 Å². The first-order valence-corrected chi connectivity index (χ1v) is 6.46. The molecule has 0 fully saturated rings. The Balaban J connectivity index is 2.75. The van der Waals surface area contributed by atoms with Crippen molar-refractivity contribution in [2.45, 2.75) is 32.8 Å². The Labute approximate surface area is 113 Å². The number of aromatic nitrogens is 1. The van der Waals surface area contributed by atoms with Gasteiger partial charge in [0, 0.05) is 6.54 Å². The fraction of sp³-hybridized carbons (Fsp3) is 0.538. The monoisotopic (exact) mass is 266 g/mol. The quantitative estimate of drug-likeness (QED) is 0.587. The molecule has 6 N–H and O–H groups in total. The third kappa shape index (κ3) is 4.10. The van der Waals surface area contributed by atoms with Crippen molar-refractivity contribution in [1.82, 2.24) is 4.98 Å². The molecule has 0 radical (unpaired) electrons. The summed E-state index contributed by atoms with van der Waals surface area (Å²) in [6.07, 6.45) is 2.75. The van der Waals surface area contributed by atoms with E-state index in [0.717, 1.165) is 12.8 Å². The van der Waals surface area contributed by atoms with Gasteiger partial charge in [0.25, 0.3) is 5.91 Å². The zero-order chi connectivity index (χ0) is 14.4. The van der Waals surface area contributed by atoms with Crippen LogP contribution < -0.4 is 16.8 Å². The zero-order valence-corrected chi connectivity index (χ0v) is 11.4. The van der Waals surface area contributed by atoms with Crippen molar-refractivity contribution in [2.24, 2.45) is 11.7 Å². The summed E-state index contributed by atoms with van der Waals surface area (Å²) in [6, 6.07) is 1.47. The summed E-state index contributed by atoms with van der Waals surface area (Å²) in [7, 11) is 0. The molecule has 0 aliphatic heterocycles. The smallest absolute Gasteiger partial charge is 0.252 e. The molecule has 0 aliphatic rings. The average molecular weight is 266 g/mol. The Morgan fingerprint density at radius 3 is 2.63 bits per heavy atom. The number of carbonyl (C=O) groups excluding carboxylic acids is 1. The minimum absolute atomic E-state index is 0.221. The van der Waals surface area contributed by atoms with E-state index in [4.69, 9.17) is 11.5 Å². The van der Waals surface area contributed by atoms with Crippen molar-refractivity contribution < 1.29 is 9.90 Å². The van der Waals surface area contributed by atoms with Gasteiger partial charge in [0.05, 0.1) is 23.6 Å². The molecule has 6 heteroatoms. The number of hydrogen-bond acceptors (Lipinski definition) is 5. The molecule has 0 aromatic carbocycles. The maximum Gasteiger partial charge on any atom is 0.252 e. The molecular formula is C13H22N4O2. The summed E-state index contributed by atoms with van der Waals surface area (Å²) < 4.78 is 0. The van der Waals surface area contributed by atoms with Crippen LogP contribution in [0, 0.1) is 5.92 Å². The second-order valence-electron chi connectivity index (χ2n) is 4.55. The standard InChI is InChI=1S/C13H22N4O2/c1-3-8(4-2)11(18)7-17-13-10(12(15)19)5-9(14)6-16-13/h5-6,8,11,18H,3-4,7,14H2,1-2H3,(H2,15,19)(H,16,17). The lowest BCUT2D eigenvalue weighted by molar-refractivity contribution is 0.0999. The van der Waals surface area contributed by atoms with E-state index < -0.39 is 12.0 Å². The summed E-state index contributed by atoms with van der Waals surface area (Å²) in [4.78, 5) is 15.3. The third-order valence-electron chi connectivity index (χ3n) is 3.25. The van der Waals surface area contributed by atoms with Crippen LogP contribution in [-0.4, -0.2) is 28.6 Å². The zero-order valence-electron chi connectivity index (χ0n) is 11.4. The number of amides is 1. The molecular weight excluding hydrogens is 244 g/mol. The summed E-state index contributed by atoms with van der Waals surface area (Å²) in [5, 5.41) is 13.0. The first-order valence-electron chi connectivity index (χ1n) is 6.46. The number of carbonyl (C=O) groups is 1. The molecule has 0 saturated carbocycles. The third-order valence-corrected chi connectivity index (χ3v) is 3.25. The molecule has 1 amide bonds. The first kappa shape index (κ1) is 15.2. The van der Waals surface area contributed by atoms with Crippen LogP contribution in [0.5, 0.6) is 0 Å². The number of nitrogens with one attached hydrogen (secondary N) is 1. The van der Waals surface area contributed by atoms with Crippen molar-refractivity contribution in [1.29, 1.82) is 0 Å². The van der Waals surface area contributed by atoms with Gasteiger partial charge in [0.2, 0.25) is 0 Å². The minimum Gasteiger partial charge on any atom is -0.397 e. The fourth-order valence-corrected chi connectivity index (χ4v) is 2.01. The fourth-order valence-electron chi connectivity index (χ4n) is 2.01. The molecule has 106 valence electrons. The highest BCUT2D eigenvalue weighted by Crippen LogP contribution is 2.17. The molecule has 19 heavy (non-hydrogen) atoms. The molecule has 0 aliphatic carbocycles.